The summed E-state index contributed by atoms with van der Waals surface area (Å²) in [5.41, 5.74) is 0. The van der Waals surface area contributed by atoms with Gasteiger partial charge in [0.1, 0.15) is 0 Å². The molecule has 0 aliphatic heterocycles. The molecular formula is C12H22. The Morgan fingerprint density at radius 2 is 1.25 bits per heavy atom. The Kier molecular flexibility index (Phi) is 2.43. The van der Waals surface area contributed by atoms with Crippen molar-refractivity contribution in [2.45, 2.75) is 52.4 Å². The highest BCUT2D eigenvalue weighted by molar-refractivity contribution is 4.86. The van der Waals surface area contributed by atoms with Gasteiger partial charge in [-0.3, -0.25) is 0 Å². The highest BCUT2D eigenvalue weighted by atomic mass is 14.4. The monoisotopic (exact) mass is 166 g/mol. The zero-order chi connectivity index (χ0) is 8.55. The maximum Gasteiger partial charge on any atom is -0.0334 e. The van der Waals surface area contributed by atoms with Crippen LogP contribution in [0.3, 0.4) is 0 Å². The van der Waals surface area contributed by atoms with E-state index in [4.69, 9.17) is 0 Å². The molecule has 0 saturated heterocycles. The van der Waals surface area contributed by atoms with E-state index in [1.807, 2.05) is 0 Å². The Labute approximate surface area is 76.7 Å². The second-order valence-corrected chi connectivity index (χ2v) is 5.15. The highest BCUT2D eigenvalue weighted by Gasteiger charge is 2.36. The fraction of sp³-hybridized carbons (Fsp3) is 1.00. The van der Waals surface area contributed by atoms with Crippen LogP contribution in [-0.2, 0) is 0 Å². The summed E-state index contributed by atoms with van der Waals surface area (Å²) in [5, 5.41) is 0. The van der Waals surface area contributed by atoms with Crippen molar-refractivity contribution < 1.29 is 0 Å². The van der Waals surface area contributed by atoms with Crippen molar-refractivity contribution in [3.05, 3.63) is 0 Å². The van der Waals surface area contributed by atoms with Crippen LogP contribution in [0.5, 0.6) is 0 Å². The average molecular weight is 166 g/mol. The molecule has 70 valence electrons. The Bertz CT molecular complexity index is 134. The number of rotatable bonds is 0. The summed E-state index contributed by atoms with van der Waals surface area (Å²) in [6, 6.07) is 0. The van der Waals surface area contributed by atoms with Gasteiger partial charge in [0.25, 0.3) is 0 Å². The fourth-order valence-corrected chi connectivity index (χ4v) is 3.81. The maximum absolute atomic E-state index is 2.48. The van der Waals surface area contributed by atoms with E-state index in [9.17, 15) is 0 Å². The van der Waals surface area contributed by atoms with Gasteiger partial charge < -0.3 is 0 Å². The van der Waals surface area contributed by atoms with Crippen LogP contribution in [0, 0.1) is 23.7 Å². The van der Waals surface area contributed by atoms with Crippen molar-refractivity contribution >= 4 is 0 Å². The molecule has 2 rings (SSSR count). The van der Waals surface area contributed by atoms with Gasteiger partial charge in [0.05, 0.1) is 0 Å². The third-order valence-electron chi connectivity index (χ3n) is 4.33. The topological polar surface area (TPSA) is 0 Å². The summed E-state index contributed by atoms with van der Waals surface area (Å²) in [6.07, 6.45) is 9.11. The van der Waals surface area contributed by atoms with Crippen LogP contribution in [0.15, 0.2) is 0 Å². The largest absolute Gasteiger partial charge is 0.0622 e. The van der Waals surface area contributed by atoms with E-state index >= 15 is 0 Å². The maximum atomic E-state index is 2.48. The lowest BCUT2D eigenvalue weighted by atomic mass is 9.62. The summed E-state index contributed by atoms with van der Waals surface area (Å²) < 4.78 is 0. The van der Waals surface area contributed by atoms with Gasteiger partial charge in [-0.25, -0.2) is 0 Å². The van der Waals surface area contributed by atoms with Gasteiger partial charge in [-0.1, -0.05) is 52.4 Å². The van der Waals surface area contributed by atoms with Crippen molar-refractivity contribution in [3.8, 4) is 0 Å². The van der Waals surface area contributed by atoms with Crippen LogP contribution in [0.2, 0.25) is 0 Å². The molecule has 0 heterocycles. The van der Waals surface area contributed by atoms with E-state index in [1.54, 1.807) is 12.8 Å². The predicted octanol–water partition coefficient (Wildman–Crippen LogP) is 3.86. The molecule has 0 aromatic rings. The van der Waals surface area contributed by atoms with Crippen molar-refractivity contribution in [2.75, 3.05) is 0 Å². The van der Waals surface area contributed by atoms with Crippen LogP contribution in [0.25, 0.3) is 0 Å². The minimum Gasteiger partial charge on any atom is -0.0622 e. The molecule has 2 aliphatic carbocycles. The highest BCUT2D eigenvalue weighted by Crippen LogP contribution is 2.46. The zero-order valence-electron chi connectivity index (χ0n) is 8.55. The fourth-order valence-electron chi connectivity index (χ4n) is 3.81. The lowest BCUT2D eigenvalue weighted by Crippen LogP contribution is -2.34. The van der Waals surface area contributed by atoms with Gasteiger partial charge in [0.15, 0.2) is 0 Å². The molecule has 2 fully saturated rings. The molecule has 0 spiro atoms. The number of hydrogen-bond acceptors (Lipinski definition) is 0. The first kappa shape index (κ1) is 8.59. The summed E-state index contributed by atoms with van der Waals surface area (Å²) in [6.45, 7) is 4.97. The van der Waals surface area contributed by atoms with Crippen LogP contribution in [0.1, 0.15) is 52.4 Å². The zero-order valence-corrected chi connectivity index (χ0v) is 8.55. The molecule has 0 aromatic heterocycles. The third kappa shape index (κ3) is 1.41. The Morgan fingerprint density at radius 1 is 0.750 bits per heavy atom. The van der Waals surface area contributed by atoms with Gasteiger partial charge in [-0.2, -0.15) is 0 Å². The molecule has 2 saturated carbocycles. The summed E-state index contributed by atoms with van der Waals surface area (Å²) in [7, 11) is 0. The standard InChI is InChI=1S/C12H22/c1-9-5-3-7-11-8-4-6-10(2)12(9)11/h9-12H,3-8H2,1-2H3/t9-,10?,11?,12?/m1/s1. The molecule has 0 amide bonds. The summed E-state index contributed by atoms with van der Waals surface area (Å²) in [5.74, 6) is 4.25. The molecule has 0 nitrogen and oxygen atoms in total. The number of fused-ring (bicyclic) bond motifs is 1. The summed E-state index contributed by atoms with van der Waals surface area (Å²) in [4.78, 5) is 0. The molecule has 0 aromatic carbocycles. The SMILES string of the molecule is CC1CCCC2CCC[C@@H](C)C12. The van der Waals surface area contributed by atoms with E-state index in [-0.39, 0.29) is 0 Å². The second kappa shape index (κ2) is 3.40. The average Bonchev–Trinajstić information content (AvgIpc) is 2.04. The van der Waals surface area contributed by atoms with Crippen molar-refractivity contribution in [3.63, 3.8) is 0 Å². The first-order valence-electron chi connectivity index (χ1n) is 5.79. The van der Waals surface area contributed by atoms with Crippen molar-refractivity contribution in [1.29, 1.82) is 0 Å². The lowest BCUT2D eigenvalue weighted by molar-refractivity contribution is 0.0652. The Morgan fingerprint density at radius 3 is 1.67 bits per heavy atom. The van der Waals surface area contributed by atoms with Crippen molar-refractivity contribution in [1.82, 2.24) is 0 Å². The molecule has 12 heavy (non-hydrogen) atoms. The normalized spacial score (nSPS) is 48.5. The van der Waals surface area contributed by atoms with E-state index in [2.05, 4.69) is 13.8 Å². The molecule has 3 unspecified atom stereocenters. The van der Waals surface area contributed by atoms with Crippen LogP contribution in [0.4, 0.5) is 0 Å². The van der Waals surface area contributed by atoms with Crippen LogP contribution in [-0.4, -0.2) is 0 Å². The van der Waals surface area contributed by atoms with Crippen molar-refractivity contribution in [2.24, 2.45) is 23.7 Å². The van der Waals surface area contributed by atoms with Crippen LogP contribution < -0.4 is 0 Å². The third-order valence-corrected chi connectivity index (χ3v) is 4.33. The van der Waals surface area contributed by atoms with E-state index in [1.165, 1.54) is 25.7 Å². The van der Waals surface area contributed by atoms with E-state index in [0.717, 1.165) is 23.7 Å². The smallest absolute Gasteiger partial charge is 0.0334 e. The molecule has 0 radical (unpaired) electrons. The lowest BCUT2D eigenvalue weighted by Gasteiger charge is -2.44. The molecule has 0 N–H and O–H groups in total. The molecule has 2 aliphatic rings. The number of hydrogen-bond donors (Lipinski definition) is 0. The van der Waals surface area contributed by atoms with Gasteiger partial charge in [0, 0.05) is 0 Å². The quantitative estimate of drug-likeness (QED) is 0.512. The Balaban J connectivity index is 2.07. The molecular weight excluding hydrogens is 144 g/mol. The molecule has 0 heteroatoms. The van der Waals surface area contributed by atoms with Gasteiger partial charge in [-0.15, -0.1) is 0 Å². The van der Waals surface area contributed by atoms with Gasteiger partial charge >= 0.3 is 0 Å². The minimum atomic E-state index is 1.03. The van der Waals surface area contributed by atoms with Gasteiger partial charge in [0.2, 0.25) is 0 Å². The molecule has 0 bridgehead atoms. The first-order valence-corrected chi connectivity index (χ1v) is 5.79. The predicted molar refractivity (Wildman–Crippen MR) is 53.0 cm³/mol. The van der Waals surface area contributed by atoms with E-state index < -0.39 is 0 Å². The minimum absolute atomic E-state index is 1.03. The van der Waals surface area contributed by atoms with Crippen LogP contribution >= 0.6 is 0 Å². The first-order chi connectivity index (χ1) is 5.79. The Hall–Kier alpha value is 0. The van der Waals surface area contributed by atoms with Gasteiger partial charge in [-0.05, 0) is 23.7 Å². The van der Waals surface area contributed by atoms with E-state index in [0.29, 0.717) is 0 Å². The second-order valence-electron chi connectivity index (χ2n) is 5.15. The summed E-state index contributed by atoms with van der Waals surface area (Å²) >= 11 is 0. The molecule has 4 atom stereocenters.